The monoisotopic (exact) mass is 350 g/mol. The van der Waals surface area contributed by atoms with Crippen molar-refractivity contribution < 1.29 is 0 Å². The molecule has 2 aromatic rings. The quantitative estimate of drug-likeness (QED) is 0.487. The number of rotatable bonds is 3. The molecule has 1 aliphatic carbocycles. The van der Waals surface area contributed by atoms with Crippen molar-refractivity contribution in [2.45, 2.75) is 73.1 Å². The van der Waals surface area contributed by atoms with E-state index in [2.05, 4.69) is 74.5 Å². The molecule has 0 nitrogen and oxygen atoms in total. The molecule has 1 saturated carbocycles. The first-order chi connectivity index (χ1) is 12.7. The molecule has 0 radical (unpaired) electrons. The maximum Gasteiger partial charge on any atom is -0.0162 e. The summed E-state index contributed by atoms with van der Waals surface area (Å²) in [6, 6.07) is 17.8. The zero-order valence-electron chi connectivity index (χ0n) is 17.8. The van der Waals surface area contributed by atoms with Crippen molar-refractivity contribution in [2.24, 2.45) is 5.92 Å². The summed E-state index contributed by atoms with van der Waals surface area (Å²) in [6.07, 6.45) is 9.90. The van der Waals surface area contributed by atoms with Crippen molar-refractivity contribution in [1.82, 2.24) is 0 Å². The van der Waals surface area contributed by atoms with Gasteiger partial charge in [-0.15, -0.1) is 0 Å². The number of hydrogen-bond acceptors (Lipinski definition) is 0. The molecule has 142 valence electrons. The van der Waals surface area contributed by atoms with Crippen molar-refractivity contribution in [3.8, 4) is 0 Å². The lowest BCUT2D eigenvalue weighted by atomic mass is 9.79. The van der Waals surface area contributed by atoms with E-state index in [-0.39, 0.29) is 0 Å². The van der Waals surface area contributed by atoms with Crippen LogP contribution in [0.1, 0.15) is 88.5 Å². The molecular formula is C26H38. The average molecular weight is 351 g/mol. The molecule has 2 aromatic carbocycles. The van der Waals surface area contributed by atoms with E-state index in [4.69, 9.17) is 0 Å². The van der Waals surface area contributed by atoms with E-state index in [0.29, 0.717) is 0 Å². The number of hydrogen-bond donors (Lipinski definition) is 0. The Morgan fingerprint density at radius 2 is 1.08 bits per heavy atom. The molecule has 0 N–H and O–H groups in total. The molecule has 0 aliphatic heterocycles. The lowest BCUT2D eigenvalue weighted by Gasteiger charge is -2.26. The molecule has 0 amide bonds. The maximum atomic E-state index is 2.38. The Balaban J connectivity index is 0.000000791. The third kappa shape index (κ3) is 7.20. The second-order valence-electron chi connectivity index (χ2n) is 6.87. The highest BCUT2D eigenvalue weighted by Gasteiger charge is 2.19. The van der Waals surface area contributed by atoms with Crippen molar-refractivity contribution in [1.29, 1.82) is 0 Å². The zero-order valence-corrected chi connectivity index (χ0v) is 17.8. The van der Waals surface area contributed by atoms with E-state index < -0.39 is 0 Å². The largest absolute Gasteiger partial charge is 0.0683 e. The summed E-state index contributed by atoms with van der Waals surface area (Å²) < 4.78 is 0. The molecule has 0 aromatic heterocycles. The van der Waals surface area contributed by atoms with Crippen molar-refractivity contribution in [3.63, 3.8) is 0 Å². The van der Waals surface area contributed by atoms with E-state index in [1.54, 1.807) is 0 Å². The van der Waals surface area contributed by atoms with Gasteiger partial charge in [-0.25, -0.2) is 0 Å². The van der Waals surface area contributed by atoms with E-state index >= 15 is 0 Å². The Kier molecular flexibility index (Phi) is 10.7. The molecule has 0 spiro atoms. The number of benzene rings is 2. The summed E-state index contributed by atoms with van der Waals surface area (Å²) in [5.74, 6) is 1.71. The highest BCUT2D eigenvalue weighted by Crippen LogP contribution is 2.35. The van der Waals surface area contributed by atoms with E-state index in [1.807, 2.05) is 27.7 Å². The minimum absolute atomic E-state index is 0.784. The third-order valence-corrected chi connectivity index (χ3v) is 4.97. The van der Waals surface area contributed by atoms with Gasteiger partial charge in [-0.2, -0.15) is 0 Å². The zero-order chi connectivity index (χ0) is 19.4. The molecule has 26 heavy (non-hydrogen) atoms. The molecule has 0 bridgehead atoms. The van der Waals surface area contributed by atoms with Crippen LogP contribution in [0.3, 0.4) is 0 Å². The fraction of sp³-hybridized carbons (Fsp3) is 0.462. The van der Waals surface area contributed by atoms with Crippen LogP contribution in [0.4, 0.5) is 0 Å². The summed E-state index contributed by atoms with van der Waals surface area (Å²) in [5.41, 5.74) is 5.38. The summed E-state index contributed by atoms with van der Waals surface area (Å²) >= 11 is 0. The minimum atomic E-state index is 0.784. The SMILES string of the molecule is CC.CC.Cc1ccc(/C=C/c2ccc(C3CCC(C)CC3)cc2)cc1. The van der Waals surface area contributed by atoms with Crippen molar-refractivity contribution in [3.05, 3.63) is 70.8 Å². The van der Waals surface area contributed by atoms with Gasteiger partial charge in [0.15, 0.2) is 0 Å². The summed E-state index contributed by atoms with van der Waals surface area (Å²) in [6.45, 7) is 12.5. The Morgan fingerprint density at radius 3 is 1.54 bits per heavy atom. The first-order valence-corrected chi connectivity index (χ1v) is 10.6. The standard InChI is InChI=1S/C22H26.2C2H6/c1-17-3-7-19(8-4-17)9-10-20-11-15-22(16-12-20)21-13-5-18(2)6-14-21;2*1-2/h3-4,7-12,15-16,18,21H,5-6,13-14H2,1-2H3;2*1-2H3/b10-9+;;. The van der Waals surface area contributed by atoms with Crippen LogP contribution >= 0.6 is 0 Å². The molecule has 0 heteroatoms. The summed E-state index contributed by atoms with van der Waals surface area (Å²) in [4.78, 5) is 0. The van der Waals surface area contributed by atoms with Gasteiger partial charge in [-0.05, 0) is 48.3 Å². The highest BCUT2D eigenvalue weighted by atomic mass is 14.2. The smallest absolute Gasteiger partial charge is 0.0162 e. The van der Waals surface area contributed by atoms with Gasteiger partial charge >= 0.3 is 0 Å². The average Bonchev–Trinajstić information content (AvgIpc) is 2.72. The molecule has 0 saturated heterocycles. The molecule has 1 fully saturated rings. The van der Waals surface area contributed by atoms with Crippen LogP contribution < -0.4 is 0 Å². The molecule has 0 heterocycles. The van der Waals surface area contributed by atoms with Crippen molar-refractivity contribution in [2.75, 3.05) is 0 Å². The summed E-state index contributed by atoms with van der Waals surface area (Å²) in [5, 5.41) is 0. The van der Waals surface area contributed by atoms with E-state index in [1.165, 1.54) is 47.9 Å². The normalized spacial score (nSPS) is 19.2. The number of aryl methyl sites for hydroxylation is 1. The van der Waals surface area contributed by atoms with Crippen LogP contribution in [0, 0.1) is 12.8 Å². The van der Waals surface area contributed by atoms with Gasteiger partial charge in [-0.1, -0.05) is 114 Å². The third-order valence-electron chi connectivity index (χ3n) is 4.97. The molecular weight excluding hydrogens is 312 g/mol. The van der Waals surface area contributed by atoms with Crippen LogP contribution in [0.15, 0.2) is 48.5 Å². The predicted molar refractivity (Wildman–Crippen MR) is 120 cm³/mol. The molecule has 1 aliphatic rings. The van der Waals surface area contributed by atoms with Gasteiger partial charge in [0, 0.05) is 0 Å². The van der Waals surface area contributed by atoms with E-state index in [0.717, 1.165) is 11.8 Å². The first-order valence-electron chi connectivity index (χ1n) is 10.6. The Bertz CT molecular complexity index is 608. The van der Waals surface area contributed by atoms with Gasteiger partial charge < -0.3 is 0 Å². The Labute approximate surface area is 162 Å². The second-order valence-corrected chi connectivity index (χ2v) is 6.87. The van der Waals surface area contributed by atoms with Gasteiger partial charge in [0.2, 0.25) is 0 Å². The van der Waals surface area contributed by atoms with Gasteiger partial charge in [-0.3, -0.25) is 0 Å². The van der Waals surface area contributed by atoms with Crippen LogP contribution in [0.2, 0.25) is 0 Å². The lowest BCUT2D eigenvalue weighted by Crippen LogP contribution is -2.10. The topological polar surface area (TPSA) is 0 Å². The minimum Gasteiger partial charge on any atom is -0.0683 e. The Hall–Kier alpha value is -1.82. The van der Waals surface area contributed by atoms with Crippen LogP contribution in [0.5, 0.6) is 0 Å². The van der Waals surface area contributed by atoms with Gasteiger partial charge in [0.25, 0.3) is 0 Å². The first kappa shape index (κ1) is 22.2. The van der Waals surface area contributed by atoms with Crippen LogP contribution in [-0.4, -0.2) is 0 Å². The second kappa shape index (κ2) is 12.5. The molecule has 0 unspecified atom stereocenters. The lowest BCUT2D eigenvalue weighted by molar-refractivity contribution is 0.348. The van der Waals surface area contributed by atoms with Gasteiger partial charge in [0.1, 0.15) is 0 Å². The maximum absolute atomic E-state index is 2.38. The molecule has 0 atom stereocenters. The van der Waals surface area contributed by atoms with Crippen molar-refractivity contribution >= 4 is 12.2 Å². The van der Waals surface area contributed by atoms with Gasteiger partial charge in [0.05, 0.1) is 0 Å². The fourth-order valence-electron chi connectivity index (χ4n) is 3.34. The summed E-state index contributed by atoms with van der Waals surface area (Å²) in [7, 11) is 0. The fourth-order valence-corrected chi connectivity index (χ4v) is 3.34. The van der Waals surface area contributed by atoms with E-state index in [9.17, 15) is 0 Å². The van der Waals surface area contributed by atoms with Crippen LogP contribution in [0.25, 0.3) is 12.2 Å². The highest BCUT2D eigenvalue weighted by molar-refractivity contribution is 5.69. The predicted octanol–water partition coefficient (Wildman–Crippen LogP) is 8.51. The molecule has 3 rings (SSSR count). The Morgan fingerprint density at radius 1 is 0.654 bits per heavy atom. The van der Waals surface area contributed by atoms with Crippen LogP contribution in [-0.2, 0) is 0 Å².